The Kier molecular flexibility index (Phi) is 3.29. The average Bonchev–Trinajstić information content (AvgIpc) is 2.28. The summed E-state index contributed by atoms with van der Waals surface area (Å²) in [6.45, 7) is 0. The van der Waals surface area contributed by atoms with E-state index in [0.29, 0.717) is 6.42 Å². The van der Waals surface area contributed by atoms with Crippen molar-refractivity contribution < 1.29 is 9.59 Å². The van der Waals surface area contributed by atoms with E-state index in [4.69, 9.17) is 0 Å². The first-order chi connectivity index (χ1) is 7.69. The summed E-state index contributed by atoms with van der Waals surface area (Å²) in [7, 11) is 0. The summed E-state index contributed by atoms with van der Waals surface area (Å²) < 4.78 is 0. The molecule has 0 saturated carbocycles. The molecule has 0 aromatic heterocycles. The van der Waals surface area contributed by atoms with E-state index < -0.39 is 0 Å². The molecule has 0 spiro atoms. The zero-order valence-electron chi connectivity index (χ0n) is 9.03. The topological polar surface area (TPSA) is 46.2 Å². The Morgan fingerprint density at radius 2 is 1.94 bits per heavy atom. The summed E-state index contributed by atoms with van der Waals surface area (Å²) in [5.41, 5.74) is 0.999. The minimum Gasteiger partial charge on any atom is -0.348 e. The fourth-order valence-electron chi connectivity index (χ4n) is 1.81. The molecular formula is C12H13NO2S. The smallest absolute Gasteiger partial charge is 0.227 e. The molecule has 4 heteroatoms. The predicted octanol–water partition coefficient (Wildman–Crippen LogP) is 1.93. The SMILES string of the molecule is CSc1ccc(C2CC(=O)CC(=O)N2)cc1. The van der Waals surface area contributed by atoms with Crippen LogP contribution in [0.4, 0.5) is 0 Å². The van der Waals surface area contributed by atoms with Gasteiger partial charge in [-0.1, -0.05) is 12.1 Å². The number of amides is 1. The maximum absolute atomic E-state index is 11.3. The molecule has 3 nitrogen and oxygen atoms in total. The highest BCUT2D eigenvalue weighted by Crippen LogP contribution is 2.23. The molecule has 1 saturated heterocycles. The predicted molar refractivity (Wildman–Crippen MR) is 63.3 cm³/mol. The lowest BCUT2D eigenvalue weighted by molar-refractivity contribution is -0.132. The van der Waals surface area contributed by atoms with E-state index in [0.717, 1.165) is 5.56 Å². The molecular weight excluding hydrogens is 222 g/mol. The second kappa shape index (κ2) is 4.70. The van der Waals surface area contributed by atoms with Gasteiger partial charge in [0, 0.05) is 11.3 Å². The maximum atomic E-state index is 11.3. The number of Topliss-reactive ketones (excluding diaryl/α,β-unsaturated/α-hetero) is 1. The fraction of sp³-hybridized carbons (Fsp3) is 0.333. The molecule has 0 bridgehead atoms. The van der Waals surface area contributed by atoms with Crippen LogP contribution in [0.2, 0.25) is 0 Å². The maximum Gasteiger partial charge on any atom is 0.227 e. The number of nitrogens with one attached hydrogen (secondary N) is 1. The van der Waals surface area contributed by atoms with Crippen molar-refractivity contribution in [1.82, 2.24) is 5.32 Å². The summed E-state index contributed by atoms with van der Waals surface area (Å²) >= 11 is 1.67. The number of rotatable bonds is 2. The first kappa shape index (κ1) is 11.2. The molecule has 1 heterocycles. The molecule has 1 aromatic carbocycles. The van der Waals surface area contributed by atoms with Gasteiger partial charge in [0.05, 0.1) is 12.5 Å². The fourth-order valence-corrected chi connectivity index (χ4v) is 2.22. The number of hydrogen-bond acceptors (Lipinski definition) is 3. The minimum atomic E-state index is -0.171. The average molecular weight is 235 g/mol. The highest BCUT2D eigenvalue weighted by atomic mass is 32.2. The zero-order chi connectivity index (χ0) is 11.5. The number of carbonyl (C=O) groups excluding carboxylic acids is 2. The van der Waals surface area contributed by atoms with E-state index in [-0.39, 0.29) is 24.2 Å². The Balaban J connectivity index is 2.16. The van der Waals surface area contributed by atoms with E-state index in [2.05, 4.69) is 5.32 Å². The Bertz CT molecular complexity index is 398. The van der Waals surface area contributed by atoms with Crippen LogP contribution in [0, 0.1) is 0 Å². The molecule has 0 aliphatic carbocycles. The number of ketones is 1. The normalized spacial score (nSPS) is 20.7. The summed E-state index contributed by atoms with van der Waals surface area (Å²) in [4.78, 5) is 23.7. The Morgan fingerprint density at radius 3 is 2.50 bits per heavy atom. The molecule has 84 valence electrons. The van der Waals surface area contributed by atoms with Crippen molar-refractivity contribution in [3.05, 3.63) is 29.8 Å². The van der Waals surface area contributed by atoms with Gasteiger partial charge in [0.2, 0.25) is 5.91 Å². The van der Waals surface area contributed by atoms with Gasteiger partial charge >= 0.3 is 0 Å². The molecule has 1 aliphatic rings. The molecule has 1 amide bonds. The van der Waals surface area contributed by atoms with Crippen molar-refractivity contribution in [2.75, 3.05) is 6.26 Å². The van der Waals surface area contributed by atoms with Crippen LogP contribution in [0.5, 0.6) is 0 Å². The van der Waals surface area contributed by atoms with Crippen molar-refractivity contribution in [2.45, 2.75) is 23.8 Å². The molecule has 0 radical (unpaired) electrons. The summed E-state index contributed by atoms with van der Waals surface area (Å²) in [5, 5.41) is 2.83. The first-order valence-corrected chi connectivity index (χ1v) is 6.36. The Labute approximate surface area is 98.6 Å². The third kappa shape index (κ3) is 2.44. The van der Waals surface area contributed by atoms with Gasteiger partial charge in [-0.05, 0) is 24.0 Å². The van der Waals surface area contributed by atoms with E-state index >= 15 is 0 Å². The lowest BCUT2D eigenvalue weighted by Crippen LogP contribution is -2.36. The molecule has 1 atom stereocenters. The quantitative estimate of drug-likeness (QED) is 0.629. The highest BCUT2D eigenvalue weighted by Gasteiger charge is 2.25. The van der Waals surface area contributed by atoms with Crippen LogP contribution in [-0.4, -0.2) is 17.9 Å². The van der Waals surface area contributed by atoms with Gasteiger partial charge in [0.1, 0.15) is 5.78 Å². The van der Waals surface area contributed by atoms with Crippen LogP contribution in [0.1, 0.15) is 24.4 Å². The highest BCUT2D eigenvalue weighted by molar-refractivity contribution is 7.98. The number of benzene rings is 1. The third-order valence-electron chi connectivity index (χ3n) is 2.64. The molecule has 16 heavy (non-hydrogen) atoms. The van der Waals surface area contributed by atoms with Gasteiger partial charge in [-0.2, -0.15) is 0 Å². The molecule has 1 aromatic rings. The van der Waals surface area contributed by atoms with Crippen molar-refractivity contribution in [2.24, 2.45) is 0 Å². The van der Waals surface area contributed by atoms with Crippen molar-refractivity contribution in [3.8, 4) is 0 Å². The second-order valence-corrected chi connectivity index (χ2v) is 4.69. The molecule has 1 unspecified atom stereocenters. The van der Waals surface area contributed by atoms with E-state index in [1.54, 1.807) is 11.8 Å². The van der Waals surface area contributed by atoms with Crippen LogP contribution in [0.3, 0.4) is 0 Å². The third-order valence-corrected chi connectivity index (χ3v) is 3.39. The van der Waals surface area contributed by atoms with E-state index in [9.17, 15) is 9.59 Å². The van der Waals surface area contributed by atoms with Gasteiger partial charge in [-0.25, -0.2) is 0 Å². The lowest BCUT2D eigenvalue weighted by Gasteiger charge is -2.22. The monoisotopic (exact) mass is 235 g/mol. The summed E-state index contributed by atoms with van der Waals surface area (Å²) in [6.07, 6.45) is 2.45. The standard InChI is InChI=1S/C12H13NO2S/c1-16-10-4-2-8(3-5-10)11-6-9(14)7-12(15)13-11/h2-5,11H,6-7H2,1H3,(H,13,15). The van der Waals surface area contributed by atoms with Gasteiger partial charge in [0.25, 0.3) is 0 Å². The zero-order valence-corrected chi connectivity index (χ0v) is 9.84. The molecule has 1 N–H and O–H groups in total. The van der Waals surface area contributed by atoms with Gasteiger partial charge < -0.3 is 5.32 Å². The van der Waals surface area contributed by atoms with Gasteiger partial charge in [-0.3, -0.25) is 9.59 Å². The Hall–Kier alpha value is -1.29. The van der Waals surface area contributed by atoms with E-state index in [1.807, 2.05) is 30.5 Å². The van der Waals surface area contributed by atoms with Crippen LogP contribution in [-0.2, 0) is 9.59 Å². The molecule has 1 fully saturated rings. The van der Waals surface area contributed by atoms with Gasteiger partial charge in [0.15, 0.2) is 0 Å². The van der Waals surface area contributed by atoms with E-state index in [1.165, 1.54) is 4.90 Å². The first-order valence-electron chi connectivity index (χ1n) is 5.14. The minimum absolute atomic E-state index is 0.0164. The van der Waals surface area contributed by atoms with Crippen LogP contribution in [0.15, 0.2) is 29.2 Å². The Morgan fingerprint density at radius 1 is 1.25 bits per heavy atom. The summed E-state index contributed by atoms with van der Waals surface area (Å²) in [5.74, 6) is -0.155. The van der Waals surface area contributed by atoms with Crippen LogP contribution in [0.25, 0.3) is 0 Å². The van der Waals surface area contributed by atoms with Crippen molar-refractivity contribution >= 4 is 23.5 Å². The number of carbonyl (C=O) groups is 2. The van der Waals surface area contributed by atoms with Gasteiger partial charge in [-0.15, -0.1) is 11.8 Å². The lowest BCUT2D eigenvalue weighted by atomic mass is 9.96. The number of thioether (sulfide) groups is 1. The van der Waals surface area contributed by atoms with Crippen molar-refractivity contribution in [3.63, 3.8) is 0 Å². The largest absolute Gasteiger partial charge is 0.348 e. The number of hydrogen-bond donors (Lipinski definition) is 1. The molecule has 2 rings (SSSR count). The van der Waals surface area contributed by atoms with Crippen molar-refractivity contribution in [1.29, 1.82) is 0 Å². The summed E-state index contributed by atoms with van der Waals surface area (Å²) in [6, 6.07) is 7.80. The molecule has 1 aliphatic heterocycles. The van der Waals surface area contributed by atoms with Crippen LogP contribution < -0.4 is 5.32 Å². The number of piperidine rings is 1. The van der Waals surface area contributed by atoms with Crippen LogP contribution >= 0.6 is 11.8 Å². The second-order valence-electron chi connectivity index (χ2n) is 3.81.